The van der Waals surface area contributed by atoms with Gasteiger partial charge in [-0.1, -0.05) is 6.07 Å². The minimum absolute atomic E-state index is 0.254. The Morgan fingerprint density at radius 2 is 2.00 bits per heavy atom. The van der Waals surface area contributed by atoms with Crippen LogP contribution in [0.3, 0.4) is 0 Å². The molecule has 0 aliphatic carbocycles. The molecular weight excluding hydrogens is 266 g/mol. The zero-order valence-corrected chi connectivity index (χ0v) is 12.4. The lowest BCUT2D eigenvalue weighted by Crippen LogP contribution is -2.15. The molecule has 110 valence electrons. The van der Waals surface area contributed by atoms with Crippen LogP contribution in [0.1, 0.15) is 24.3 Å². The number of methoxy groups -OCH3 is 1. The predicted octanol–water partition coefficient (Wildman–Crippen LogP) is 3.16. The fourth-order valence-corrected chi connectivity index (χ4v) is 1.87. The number of benzene rings is 1. The summed E-state index contributed by atoms with van der Waals surface area (Å²) in [6, 6.07) is 11.1. The van der Waals surface area contributed by atoms with Crippen molar-refractivity contribution in [1.82, 2.24) is 4.98 Å². The molecule has 5 nitrogen and oxygen atoms in total. The van der Waals surface area contributed by atoms with E-state index in [9.17, 15) is 4.79 Å². The molecule has 2 aromatic rings. The van der Waals surface area contributed by atoms with Crippen LogP contribution in [0.25, 0.3) is 0 Å². The van der Waals surface area contributed by atoms with Crippen LogP contribution >= 0.6 is 0 Å². The first-order valence-electron chi connectivity index (χ1n) is 6.76. The van der Waals surface area contributed by atoms with Crippen molar-refractivity contribution in [3.63, 3.8) is 0 Å². The molecule has 0 saturated carbocycles. The summed E-state index contributed by atoms with van der Waals surface area (Å²) < 4.78 is 5.13. The molecule has 0 fully saturated rings. The normalized spacial score (nSPS) is 10.3. The number of aromatic nitrogens is 1. The zero-order valence-electron chi connectivity index (χ0n) is 12.4. The number of nitrogens with one attached hydrogen (secondary N) is 2. The summed E-state index contributed by atoms with van der Waals surface area (Å²) in [5.74, 6) is 0.437. The number of pyridine rings is 1. The molecule has 0 atom stereocenters. The molecule has 1 aromatic heterocycles. The third-order valence-corrected chi connectivity index (χ3v) is 2.78. The van der Waals surface area contributed by atoms with E-state index in [1.807, 2.05) is 32.0 Å². The molecule has 0 bridgehead atoms. The van der Waals surface area contributed by atoms with Gasteiger partial charge in [-0.2, -0.15) is 0 Å². The van der Waals surface area contributed by atoms with Crippen LogP contribution in [0.2, 0.25) is 0 Å². The van der Waals surface area contributed by atoms with E-state index >= 15 is 0 Å². The van der Waals surface area contributed by atoms with Gasteiger partial charge < -0.3 is 15.4 Å². The molecule has 2 N–H and O–H groups in total. The quantitative estimate of drug-likeness (QED) is 0.885. The third-order valence-electron chi connectivity index (χ3n) is 2.78. The van der Waals surface area contributed by atoms with Gasteiger partial charge in [0.1, 0.15) is 11.4 Å². The number of ether oxygens (including phenoxy) is 1. The van der Waals surface area contributed by atoms with Gasteiger partial charge in [0.2, 0.25) is 0 Å². The molecule has 0 saturated heterocycles. The van der Waals surface area contributed by atoms with Crippen LogP contribution < -0.4 is 15.4 Å². The molecule has 2 rings (SSSR count). The SMILES string of the molecule is COc1cccc(NC(=O)c2cc(NC(C)C)ccn2)c1. The molecule has 1 amide bonds. The highest BCUT2D eigenvalue weighted by Gasteiger charge is 2.09. The summed E-state index contributed by atoms with van der Waals surface area (Å²) in [5, 5.41) is 6.05. The van der Waals surface area contributed by atoms with Crippen molar-refractivity contribution in [3.05, 3.63) is 48.3 Å². The van der Waals surface area contributed by atoms with Gasteiger partial charge in [0.25, 0.3) is 5.91 Å². The van der Waals surface area contributed by atoms with Gasteiger partial charge in [-0.25, -0.2) is 0 Å². The number of hydrogen-bond donors (Lipinski definition) is 2. The van der Waals surface area contributed by atoms with Gasteiger partial charge in [-0.15, -0.1) is 0 Å². The number of rotatable bonds is 5. The topological polar surface area (TPSA) is 63.2 Å². The smallest absolute Gasteiger partial charge is 0.274 e. The van der Waals surface area contributed by atoms with Gasteiger partial charge in [0, 0.05) is 29.7 Å². The maximum atomic E-state index is 12.2. The first-order valence-corrected chi connectivity index (χ1v) is 6.76. The molecule has 0 unspecified atom stereocenters. The lowest BCUT2D eigenvalue weighted by molar-refractivity contribution is 0.102. The Bertz CT molecular complexity index is 626. The fourth-order valence-electron chi connectivity index (χ4n) is 1.87. The van der Waals surface area contributed by atoms with Crippen molar-refractivity contribution in [2.24, 2.45) is 0 Å². The molecule has 21 heavy (non-hydrogen) atoms. The first kappa shape index (κ1) is 14.8. The van der Waals surface area contributed by atoms with E-state index in [4.69, 9.17) is 4.74 Å². The fraction of sp³-hybridized carbons (Fsp3) is 0.250. The average Bonchev–Trinajstić information content (AvgIpc) is 2.47. The van der Waals surface area contributed by atoms with E-state index in [1.165, 1.54) is 0 Å². The van der Waals surface area contributed by atoms with E-state index in [2.05, 4.69) is 15.6 Å². The lowest BCUT2D eigenvalue weighted by Gasteiger charge is -2.11. The first-order chi connectivity index (χ1) is 10.1. The molecule has 0 radical (unpaired) electrons. The van der Waals surface area contributed by atoms with Gasteiger partial charge in [0.15, 0.2) is 0 Å². The second-order valence-electron chi connectivity index (χ2n) is 4.91. The number of amides is 1. The Hall–Kier alpha value is -2.56. The highest BCUT2D eigenvalue weighted by atomic mass is 16.5. The Morgan fingerprint density at radius 1 is 1.19 bits per heavy atom. The third kappa shape index (κ3) is 4.21. The van der Waals surface area contributed by atoms with Gasteiger partial charge in [-0.05, 0) is 38.1 Å². The summed E-state index contributed by atoms with van der Waals surface area (Å²) in [6.07, 6.45) is 1.62. The summed E-state index contributed by atoms with van der Waals surface area (Å²) in [5.41, 5.74) is 1.91. The Morgan fingerprint density at radius 3 is 2.71 bits per heavy atom. The van der Waals surface area contributed by atoms with E-state index in [0.29, 0.717) is 23.2 Å². The van der Waals surface area contributed by atoms with Gasteiger partial charge >= 0.3 is 0 Å². The van der Waals surface area contributed by atoms with Crippen LogP contribution in [0.4, 0.5) is 11.4 Å². The van der Waals surface area contributed by atoms with Crippen LogP contribution in [-0.2, 0) is 0 Å². The summed E-state index contributed by atoms with van der Waals surface area (Å²) in [7, 11) is 1.59. The number of anilines is 2. The van der Waals surface area contributed by atoms with Crippen molar-refractivity contribution < 1.29 is 9.53 Å². The number of carbonyl (C=O) groups is 1. The highest BCUT2D eigenvalue weighted by molar-refractivity contribution is 6.03. The molecular formula is C16H19N3O2. The van der Waals surface area contributed by atoms with Crippen LogP contribution in [-0.4, -0.2) is 24.0 Å². The Kier molecular flexibility index (Phi) is 4.77. The Balaban J connectivity index is 2.12. The van der Waals surface area contributed by atoms with Crippen molar-refractivity contribution in [2.45, 2.75) is 19.9 Å². The number of carbonyl (C=O) groups excluding carboxylic acids is 1. The lowest BCUT2D eigenvalue weighted by atomic mass is 10.2. The minimum atomic E-state index is -0.254. The monoisotopic (exact) mass is 285 g/mol. The second kappa shape index (κ2) is 6.74. The molecule has 1 aromatic carbocycles. The molecule has 1 heterocycles. The Labute approximate surface area is 124 Å². The van der Waals surface area contributed by atoms with Crippen LogP contribution in [0.15, 0.2) is 42.6 Å². The summed E-state index contributed by atoms with van der Waals surface area (Å²) in [6.45, 7) is 4.08. The van der Waals surface area contributed by atoms with E-state index in [-0.39, 0.29) is 5.91 Å². The van der Waals surface area contributed by atoms with Crippen molar-refractivity contribution in [3.8, 4) is 5.75 Å². The average molecular weight is 285 g/mol. The number of nitrogens with zero attached hydrogens (tertiary/aromatic N) is 1. The van der Waals surface area contributed by atoms with E-state index in [1.54, 1.807) is 31.5 Å². The highest BCUT2D eigenvalue weighted by Crippen LogP contribution is 2.18. The maximum absolute atomic E-state index is 12.2. The molecule has 0 aliphatic heterocycles. The minimum Gasteiger partial charge on any atom is -0.497 e. The molecule has 5 heteroatoms. The van der Waals surface area contributed by atoms with Crippen molar-refractivity contribution >= 4 is 17.3 Å². The second-order valence-corrected chi connectivity index (χ2v) is 4.91. The standard InChI is InChI=1S/C16H19N3O2/c1-11(2)18-13-7-8-17-15(10-13)16(20)19-12-5-4-6-14(9-12)21-3/h4-11H,1-3H3,(H,17,18)(H,19,20). The van der Waals surface area contributed by atoms with Gasteiger partial charge in [0.05, 0.1) is 7.11 Å². The summed E-state index contributed by atoms with van der Waals surface area (Å²) >= 11 is 0. The van der Waals surface area contributed by atoms with Crippen molar-refractivity contribution in [1.29, 1.82) is 0 Å². The zero-order chi connectivity index (χ0) is 15.2. The number of hydrogen-bond acceptors (Lipinski definition) is 4. The predicted molar refractivity (Wildman–Crippen MR) is 83.9 cm³/mol. The van der Waals surface area contributed by atoms with Crippen molar-refractivity contribution in [2.75, 3.05) is 17.7 Å². The van der Waals surface area contributed by atoms with E-state index < -0.39 is 0 Å². The largest absolute Gasteiger partial charge is 0.497 e. The molecule has 0 aliphatic rings. The summed E-state index contributed by atoms with van der Waals surface area (Å²) in [4.78, 5) is 16.3. The van der Waals surface area contributed by atoms with Gasteiger partial charge in [-0.3, -0.25) is 9.78 Å². The molecule has 0 spiro atoms. The van der Waals surface area contributed by atoms with Crippen LogP contribution in [0, 0.1) is 0 Å². The maximum Gasteiger partial charge on any atom is 0.274 e. The van der Waals surface area contributed by atoms with Crippen LogP contribution in [0.5, 0.6) is 5.75 Å². The van der Waals surface area contributed by atoms with E-state index in [0.717, 1.165) is 5.69 Å².